The molecule has 25 heteroatoms. The summed E-state index contributed by atoms with van der Waals surface area (Å²) in [7, 11) is 0.346. The average molecular weight is 877 g/mol. The molecule has 3 nitrogen and oxygen atoms in total. The van der Waals surface area contributed by atoms with Crippen LogP contribution in [0.2, 0.25) is 0 Å². The monoisotopic (exact) mass is 877 g/mol. The van der Waals surface area contributed by atoms with Gasteiger partial charge in [-0.2, -0.15) is 0 Å². The van der Waals surface area contributed by atoms with Crippen LogP contribution < -0.4 is 21.9 Å². The number of non-ortho nitro benzene ring substituents is 1. The Kier molecular flexibility index (Phi) is 12.8. The second kappa shape index (κ2) is 16.4. The molecule has 0 heterocycles. The third kappa shape index (κ3) is 7.05. The highest BCUT2D eigenvalue weighted by molar-refractivity contribution is 7.94. The van der Waals surface area contributed by atoms with Gasteiger partial charge < -0.3 is 0 Å². The van der Waals surface area contributed by atoms with Crippen LogP contribution in [-0.4, -0.2) is 23.6 Å². The Morgan fingerprint density at radius 2 is 0.586 bits per heavy atom. The molecule has 0 spiro atoms. The van der Waals surface area contributed by atoms with Crippen molar-refractivity contribution in [3.05, 3.63) is 156 Å². The smallest absolute Gasteiger partial charge is 0.258 e. The van der Waals surface area contributed by atoms with Crippen LogP contribution in [0.25, 0.3) is 0 Å². The SMILES string of the molecule is C[S+](C)Cc1ccc([N+](=O)[O-])cc1.Fc1c(F)c(F)c([B-](c2c(F)c(F)c(F)c(F)c2F)(c2c(F)c(F)c(F)c(F)c2F)c2c(F)c(F)c(F)c(F)c2F)c(F)c1F. The van der Waals surface area contributed by atoms with Crippen LogP contribution in [0.4, 0.5) is 93.5 Å². The molecule has 0 aliphatic heterocycles. The van der Waals surface area contributed by atoms with Crippen LogP contribution in [0, 0.1) is 126 Å². The molecule has 0 radical (unpaired) electrons. The Balaban J connectivity index is 0.000000486. The fourth-order valence-corrected chi connectivity index (χ4v) is 6.78. The van der Waals surface area contributed by atoms with Crippen LogP contribution in [0.5, 0.6) is 0 Å². The van der Waals surface area contributed by atoms with E-state index in [-0.39, 0.29) is 10.6 Å². The van der Waals surface area contributed by atoms with E-state index >= 15 is 35.1 Å². The van der Waals surface area contributed by atoms with Gasteiger partial charge in [0.2, 0.25) is 0 Å². The molecular formula is C33H12BF20NO2S. The highest BCUT2D eigenvalue weighted by atomic mass is 32.2. The summed E-state index contributed by atoms with van der Waals surface area (Å²) in [6, 6.07) is 6.76. The first kappa shape index (κ1) is 45.2. The van der Waals surface area contributed by atoms with Crippen molar-refractivity contribution < 1.29 is 92.7 Å². The van der Waals surface area contributed by atoms with Crippen molar-refractivity contribution >= 4 is 44.6 Å². The highest BCUT2D eigenvalue weighted by Crippen LogP contribution is 2.30. The van der Waals surface area contributed by atoms with Crippen LogP contribution in [-0.2, 0) is 16.6 Å². The van der Waals surface area contributed by atoms with E-state index in [1.54, 1.807) is 12.1 Å². The van der Waals surface area contributed by atoms with Crippen molar-refractivity contribution in [3.8, 4) is 0 Å². The topological polar surface area (TPSA) is 43.1 Å². The van der Waals surface area contributed by atoms with Gasteiger partial charge in [-0.05, 0) is 23.0 Å². The molecule has 0 aliphatic carbocycles. The number of nitro groups is 1. The summed E-state index contributed by atoms with van der Waals surface area (Å²) < 4.78 is 294. The molecule has 0 atom stereocenters. The van der Waals surface area contributed by atoms with Crippen molar-refractivity contribution in [2.24, 2.45) is 0 Å². The molecule has 0 bridgehead atoms. The lowest BCUT2D eigenvalue weighted by Gasteiger charge is -2.44. The normalized spacial score (nSPS) is 11.6. The number of hydrogen-bond donors (Lipinski definition) is 0. The number of nitrogens with zero attached hydrogens (tertiary/aromatic N) is 1. The number of rotatable bonds is 7. The first-order chi connectivity index (χ1) is 26.8. The Hall–Kier alpha value is -5.49. The van der Waals surface area contributed by atoms with Crippen LogP contribution in [0.15, 0.2) is 24.3 Å². The maximum atomic E-state index is 15.4. The standard InChI is InChI=1S/C24BF20.C9H12NO2S/c26-5-1(6(27)14(35)21(42)13(5)34)25(2-7(28)15(36)22(43)16(37)8(2)29,3-9(30)17(38)23(44)18(39)10(3)31)4-11(32)19(40)24(45)20(41)12(4)33;1-13(2)7-8-3-5-9(6-4-8)10(11)12/h;3-6H,7H2,1-2H3/q-1;+1. The van der Waals surface area contributed by atoms with Gasteiger partial charge in [-0.1, -0.05) is 0 Å². The summed E-state index contributed by atoms with van der Waals surface area (Å²) in [5.74, 6) is -70.4. The third-order valence-electron chi connectivity index (χ3n) is 8.31. The third-order valence-corrected chi connectivity index (χ3v) is 9.22. The average Bonchev–Trinajstić information content (AvgIpc) is 3.18. The first-order valence-corrected chi connectivity index (χ1v) is 17.0. The lowest BCUT2D eigenvalue weighted by molar-refractivity contribution is -0.384. The van der Waals surface area contributed by atoms with Crippen molar-refractivity contribution in [3.63, 3.8) is 0 Å². The van der Waals surface area contributed by atoms with Crippen molar-refractivity contribution in [2.45, 2.75) is 5.75 Å². The van der Waals surface area contributed by atoms with Gasteiger partial charge in [0.15, 0.2) is 69.8 Å². The van der Waals surface area contributed by atoms with Gasteiger partial charge >= 0.3 is 0 Å². The highest BCUT2D eigenvalue weighted by Gasteiger charge is 2.52. The van der Waals surface area contributed by atoms with Crippen LogP contribution in [0.1, 0.15) is 5.56 Å². The van der Waals surface area contributed by atoms with E-state index in [2.05, 4.69) is 12.5 Å². The predicted octanol–water partition coefficient (Wildman–Crippen LogP) is 7.82. The van der Waals surface area contributed by atoms with E-state index in [9.17, 15) is 62.8 Å². The molecule has 0 aromatic heterocycles. The molecular weight excluding hydrogens is 865 g/mol. The maximum Gasteiger partial charge on any atom is 0.269 e. The zero-order valence-corrected chi connectivity index (χ0v) is 28.6. The summed E-state index contributed by atoms with van der Waals surface area (Å²) in [5.41, 5.74) is -13.0. The van der Waals surface area contributed by atoms with E-state index in [1.165, 1.54) is 5.56 Å². The zero-order valence-electron chi connectivity index (χ0n) is 27.8. The van der Waals surface area contributed by atoms with Crippen molar-refractivity contribution in [1.82, 2.24) is 0 Å². The number of nitro benzene ring substituents is 1. The predicted molar refractivity (Wildman–Crippen MR) is 165 cm³/mol. The minimum absolute atomic E-state index is 0.163. The van der Waals surface area contributed by atoms with Crippen molar-refractivity contribution in [2.75, 3.05) is 12.5 Å². The molecule has 5 rings (SSSR count). The van der Waals surface area contributed by atoms with E-state index < -0.39 is 144 Å². The van der Waals surface area contributed by atoms with Gasteiger partial charge in [-0.3, -0.25) is 10.1 Å². The number of benzene rings is 5. The van der Waals surface area contributed by atoms with Gasteiger partial charge in [0.05, 0.1) is 17.4 Å². The summed E-state index contributed by atoms with van der Waals surface area (Å²) in [4.78, 5) is 9.97. The molecule has 0 unspecified atom stereocenters. The lowest BCUT2D eigenvalue weighted by atomic mass is 9.12. The van der Waals surface area contributed by atoms with E-state index in [0.717, 1.165) is 5.75 Å². The Labute approximate surface area is 311 Å². The number of hydrogen-bond acceptors (Lipinski definition) is 2. The Morgan fingerprint density at radius 3 is 0.759 bits per heavy atom. The summed E-state index contributed by atoms with van der Waals surface area (Å²) in [6.07, 6.45) is -2.91. The minimum Gasteiger partial charge on any atom is -0.258 e. The van der Waals surface area contributed by atoms with E-state index in [4.69, 9.17) is 0 Å². The largest absolute Gasteiger partial charge is 0.269 e. The summed E-state index contributed by atoms with van der Waals surface area (Å²) >= 11 is 0. The molecule has 5 aromatic rings. The van der Waals surface area contributed by atoms with Gasteiger partial charge in [0, 0.05) is 17.7 Å². The number of halogens is 20. The van der Waals surface area contributed by atoms with Crippen molar-refractivity contribution in [1.29, 1.82) is 0 Å². The molecule has 0 amide bonds. The van der Waals surface area contributed by atoms with Crippen LogP contribution in [0.3, 0.4) is 0 Å². The van der Waals surface area contributed by atoms with E-state index in [1.807, 2.05) is 12.1 Å². The molecule has 0 fully saturated rings. The quantitative estimate of drug-likeness (QED) is 0.0319. The minimum atomic E-state index is -7.22. The van der Waals surface area contributed by atoms with Gasteiger partial charge in [-0.25, -0.2) is 87.8 Å². The zero-order chi connectivity index (χ0) is 44.2. The second-order valence-corrected chi connectivity index (χ2v) is 14.1. The van der Waals surface area contributed by atoms with Gasteiger partial charge in [-0.15, -0.1) is 21.9 Å². The second-order valence-electron chi connectivity index (χ2n) is 11.9. The van der Waals surface area contributed by atoms with Gasteiger partial charge in [0.25, 0.3) is 5.69 Å². The summed E-state index contributed by atoms with van der Waals surface area (Å²) in [5, 5.41) is 10.3. The molecule has 0 aliphatic rings. The summed E-state index contributed by atoms with van der Waals surface area (Å²) in [6.45, 7) is 0. The molecule has 310 valence electrons. The molecule has 58 heavy (non-hydrogen) atoms. The lowest BCUT2D eigenvalue weighted by Crippen LogP contribution is -2.81. The Morgan fingerprint density at radius 1 is 0.397 bits per heavy atom. The van der Waals surface area contributed by atoms with E-state index in [0.29, 0.717) is 10.9 Å². The molecule has 0 N–H and O–H groups in total. The molecule has 0 saturated heterocycles. The van der Waals surface area contributed by atoms with Gasteiger partial charge in [0.1, 0.15) is 58.4 Å². The maximum absolute atomic E-state index is 15.4. The fourth-order valence-electron chi connectivity index (χ4n) is 5.92. The van der Waals surface area contributed by atoms with Crippen LogP contribution >= 0.6 is 0 Å². The molecule has 5 aromatic carbocycles. The fraction of sp³-hybridized carbons (Fsp3) is 0.0909. The Bertz CT molecular complexity index is 2120. The first-order valence-electron chi connectivity index (χ1n) is 14.8. The molecule has 0 saturated carbocycles.